The van der Waals surface area contributed by atoms with Gasteiger partial charge < -0.3 is 19.9 Å². The van der Waals surface area contributed by atoms with Gasteiger partial charge >= 0.3 is 5.97 Å². The zero-order valence-electron chi connectivity index (χ0n) is 16.6. The van der Waals surface area contributed by atoms with Crippen LogP contribution in [0.4, 0.5) is 5.69 Å². The molecule has 0 fully saturated rings. The summed E-state index contributed by atoms with van der Waals surface area (Å²) in [7, 11) is 1.26. The van der Waals surface area contributed by atoms with Crippen molar-refractivity contribution in [3.05, 3.63) is 89.5 Å². The molecule has 154 valence electrons. The highest BCUT2D eigenvalue weighted by atomic mass is 16.5. The fourth-order valence-corrected chi connectivity index (χ4v) is 2.85. The molecule has 0 saturated heterocycles. The van der Waals surface area contributed by atoms with E-state index in [1.54, 1.807) is 0 Å². The summed E-state index contributed by atoms with van der Waals surface area (Å²) in [5.41, 5.74) is 2.56. The van der Waals surface area contributed by atoms with Gasteiger partial charge in [-0.25, -0.2) is 4.79 Å². The van der Waals surface area contributed by atoms with Crippen LogP contribution >= 0.6 is 0 Å². The Morgan fingerprint density at radius 1 is 0.933 bits per heavy atom. The average Bonchev–Trinajstić information content (AvgIpc) is 2.78. The normalized spacial score (nSPS) is 10.3. The molecule has 6 nitrogen and oxygen atoms in total. The van der Waals surface area contributed by atoms with Crippen LogP contribution in [0.15, 0.2) is 72.8 Å². The predicted octanol–water partition coefficient (Wildman–Crippen LogP) is 4.33. The molecule has 0 aliphatic heterocycles. The number of carbonyl (C=O) groups is 2. The van der Waals surface area contributed by atoms with E-state index < -0.39 is 5.97 Å². The van der Waals surface area contributed by atoms with Crippen LogP contribution in [0.3, 0.4) is 0 Å². The van der Waals surface area contributed by atoms with Gasteiger partial charge in [0.1, 0.15) is 18.1 Å². The number of benzene rings is 3. The van der Waals surface area contributed by atoms with Gasteiger partial charge in [-0.15, -0.1) is 0 Å². The van der Waals surface area contributed by atoms with Crippen LogP contribution in [0.1, 0.15) is 27.9 Å². The third-order valence-electron chi connectivity index (χ3n) is 4.51. The van der Waals surface area contributed by atoms with Gasteiger partial charge in [0.2, 0.25) is 5.91 Å². The summed E-state index contributed by atoms with van der Waals surface area (Å²) >= 11 is 0. The van der Waals surface area contributed by atoms with Crippen molar-refractivity contribution in [3.63, 3.8) is 0 Å². The van der Waals surface area contributed by atoms with Crippen molar-refractivity contribution in [3.8, 4) is 11.5 Å². The molecular weight excluding hydrogens is 382 g/mol. The van der Waals surface area contributed by atoms with Gasteiger partial charge in [0, 0.05) is 6.42 Å². The summed E-state index contributed by atoms with van der Waals surface area (Å²) in [4.78, 5) is 23.7. The van der Waals surface area contributed by atoms with E-state index >= 15 is 0 Å². The Bertz CT molecular complexity index is 1000. The zero-order chi connectivity index (χ0) is 21.3. The van der Waals surface area contributed by atoms with Crippen LogP contribution in [-0.4, -0.2) is 24.1 Å². The van der Waals surface area contributed by atoms with E-state index in [2.05, 4.69) is 10.1 Å². The number of carbonyl (C=O) groups excluding carboxylic acids is 2. The molecule has 0 aliphatic rings. The number of nitrogens with one attached hydrogen (secondary N) is 1. The quantitative estimate of drug-likeness (QED) is 0.430. The summed E-state index contributed by atoms with van der Waals surface area (Å²) in [6, 6.07) is 21.8. The Hall–Kier alpha value is -3.80. The summed E-state index contributed by atoms with van der Waals surface area (Å²) in [5, 5.41) is 12.6. The lowest BCUT2D eigenvalue weighted by Crippen LogP contribution is -2.13. The first-order chi connectivity index (χ1) is 14.5. The molecule has 0 unspecified atom stereocenters. The van der Waals surface area contributed by atoms with Gasteiger partial charge in [0.25, 0.3) is 0 Å². The molecule has 0 spiro atoms. The van der Waals surface area contributed by atoms with Crippen LogP contribution < -0.4 is 10.1 Å². The van der Waals surface area contributed by atoms with Crippen molar-refractivity contribution >= 4 is 17.6 Å². The van der Waals surface area contributed by atoms with Crippen molar-refractivity contribution in [1.82, 2.24) is 0 Å². The van der Waals surface area contributed by atoms with Crippen molar-refractivity contribution in [1.29, 1.82) is 0 Å². The topological polar surface area (TPSA) is 84.9 Å². The Balaban J connectivity index is 1.48. The Morgan fingerprint density at radius 3 is 2.33 bits per heavy atom. The number of phenolic OH excluding ortho intramolecular Hbond substituents is 1. The Morgan fingerprint density at radius 2 is 1.67 bits per heavy atom. The maximum atomic E-state index is 12.2. The highest BCUT2D eigenvalue weighted by Gasteiger charge is 2.11. The maximum absolute atomic E-state index is 12.2. The lowest BCUT2D eigenvalue weighted by Gasteiger charge is -2.09. The van der Waals surface area contributed by atoms with E-state index in [0.717, 1.165) is 16.9 Å². The molecule has 0 saturated carbocycles. The number of esters is 1. The van der Waals surface area contributed by atoms with E-state index in [0.29, 0.717) is 13.0 Å². The van der Waals surface area contributed by atoms with Gasteiger partial charge in [0.05, 0.1) is 18.4 Å². The van der Waals surface area contributed by atoms with Crippen LogP contribution in [0.5, 0.6) is 11.5 Å². The third kappa shape index (κ3) is 5.85. The molecule has 30 heavy (non-hydrogen) atoms. The lowest BCUT2D eigenvalue weighted by atomic mass is 10.1. The second-order valence-corrected chi connectivity index (χ2v) is 6.69. The number of rotatable bonds is 8. The van der Waals surface area contributed by atoms with E-state index in [-0.39, 0.29) is 29.3 Å². The molecule has 0 atom stereocenters. The largest absolute Gasteiger partial charge is 0.506 e. The average molecular weight is 405 g/mol. The molecule has 1 amide bonds. The monoisotopic (exact) mass is 405 g/mol. The molecule has 0 heterocycles. The fourth-order valence-electron chi connectivity index (χ4n) is 2.85. The first-order valence-electron chi connectivity index (χ1n) is 9.52. The van der Waals surface area contributed by atoms with Crippen molar-refractivity contribution < 1.29 is 24.2 Å². The smallest absolute Gasteiger partial charge is 0.337 e. The van der Waals surface area contributed by atoms with Crippen LogP contribution in [0.25, 0.3) is 0 Å². The molecule has 0 bridgehead atoms. The number of aromatic hydroxyl groups is 1. The number of hydrogen-bond acceptors (Lipinski definition) is 5. The minimum atomic E-state index is -0.556. The molecule has 0 aromatic heterocycles. The second-order valence-electron chi connectivity index (χ2n) is 6.69. The van der Waals surface area contributed by atoms with Crippen LogP contribution in [0.2, 0.25) is 0 Å². The highest BCUT2D eigenvalue weighted by Crippen LogP contribution is 2.25. The molecule has 0 radical (unpaired) electrons. The van der Waals surface area contributed by atoms with Gasteiger partial charge in [-0.05, 0) is 47.9 Å². The number of anilines is 1. The van der Waals surface area contributed by atoms with Crippen molar-refractivity contribution in [2.45, 2.75) is 19.4 Å². The minimum absolute atomic E-state index is 0.189. The first kappa shape index (κ1) is 20.9. The number of hydrogen-bond donors (Lipinski definition) is 2. The summed E-state index contributed by atoms with van der Waals surface area (Å²) in [6.07, 6.45) is 0.800. The number of aryl methyl sites for hydroxylation is 1. The standard InChI is InChI=1S/C24H23NO5/c1-29-24(28)19-10-13-21(22(26)15-19)25-23(27)14-9-17-7-11-20(12-8-17)30-16-18-5-3-2-4-6-18/h2-8,10-13,15,26H,9,14,16H2,1H3,(H,25,27). The molecule has 0 aliphatic carbocycles. The lowest BCUT2D eigenvalue weighted by molar-refractivity contribution is -0.116. The molecule has 3 rings (SSSR count). The maximum Gasteiger partial charge on any atom is 0.337 e. The molecule has 3 aromatic carbocycles. The van der Waals surface area contributed by atoms with Crippen molar-refractivity contribution in [2.75, 3.05) is 12.4 Å². The van der Waals surface area contributed by atoms with Crippen LogP contribution in [0, 0.1) is 0 Å². The highest BCUT2D eigenvalue weighted by molar-refractivity contribution is 5.95. The van der Waals surface area contributed by atoms with Gasteiger partial charge in [-0.1, -0.05) is 42.5 Å². The van der Waals surface area contributed by atoms with E-state index in [1.165, 1.54) is 25.3 Å². The van der Waals surface area contributed by atoms with E-state index in [1.807, 2.05) is 54.6 Å². The molecule has 6 heteroatoms. The van der Waals surface area contributed by atoms with Gasteiger partial charge in [0.15, 0.2) is 0 Å². The van der Waals surface area contributed by atoms with Crippen molar-refractivity contribution in [2.24, 2.45) is 0 Å². The number of phenols is 1. The fraction of sp³-hybridized carbons (Fsp3) is 0.167. The number of methoxy groups -OCH3 is 1. The number of ether oxygens (including phenoxy) is 2. The Kier molecular flexibility index (Phi) is 7.05. The molecule has 3 aromatic rings. The minimum Gasteiger partial charge on any atom is -0.506 e. The predicted molar refractivity (Wildman–Crippen MR) is 114 cm³/mol. The summed E-state index contributed by atoms with van der Waals surface area (Å²) in [6.45, 7) is 0.501. The van der Waals surface area contributed by atoms with Gasteiger partial charge in [-0.3, -0.25) is 4.79 Å². The molecule has 2 N–H and O–H groups in total. The van der Waals surface area contributed by atoms with E-state index in [4.69, 9.17) is 4.74 Å². The van der Waals surface area contributed by atoms with E-state index in [9.17, 15) is 14.7 Å². The summed E-state index contributed by atoms with van der Waals surface area (Å²) < 4.78 is 10.4. The summed E-state index contributed by atoms with van der Waals surface area (Å²) in [5.74, 6) is -0.214. The molecular formula is C24H23NO5. The zero-order valence-corrected chi connectivity index (χ0v) is 16.6. The van der Waals surface area contributed by atoms with Crippen LogP contribution in [-0.2, 0) is 22.6 Å². The Labute approximate surface area is 175 Å². The van der Waals surface area contributed by atoms with Gasteiger partial charge in [-0.2, -0.15) is 0 Å². The SMILES string of the molecule is COC(=O)c1ccc(NC(=O)CCc2ccc(OCc3ccccc3)cc2)c(O)c1. The third-order valence-corrected chi connectivity index (χ3v) is 4.51. The number of amides is 1. The first-order valence-corrected chi connectivity index (χ1v) is 9.52. The second kappa shape index (κ2) is 10.1.